The Morgan fingerprint density at radius 1 is 1.37 bits per heavy atom. The summed E-state index contributed by atoms with van der Waals surface area (Å²) in [4.78, 5) is 0. The van der Waals surface area contributed by atoms with Crippen molar-refractivity contribution < 1.29 is 0 Å². The van der Waals surface area contributed by atoms with Crippen molar-refractivity contribution in [2.24, 2.45) is 12.8 Å². The van der Waals surface area contributed by atoms with Gasteiger partial charge in [-0.3, -0.25) is 4.68 Å². The highest BCUT2D eigenvalue weighted by atomic mass is 15.3. The molecule has 2 aromatic heterocycles. The molecule has 2 rings (SSSR count). The molecule has 0 amide bonds. The fourth-order valence-corrected chi connectivity index (χ4v) is 2.24. The Morgan fingerprint density at radius 2 is 2.16 bits per heavy atom. The lowest BCUT2D eigenvalue weighted by Gasteiger charge is -2.06. The molecule has 0 fully saturated rings. The van der Waals surface area contributed by atoms with Crippen LogP contribution >= 0.6 is 0 Å². The van der Waals surface area contributed by atoms with E-state index in [4.69, 9.17) is 5.73 Å². The Morgan fingerprint density at radius 3 is 2.79 bits per heavy atom. The predicted octanol–water partition coefficient (Wildman–Crippen LogP) is 2.11. The lowest BCUT2D eigenvalue weighted by molar-refractivity contribution is 0.640. The number of hydrogen-bond acceptors (Lipinski definition) is 2. The molecule has 4 nitrogen and oxygen atoms in total. The Balaban J connectivity index is 2.04. The summed E-state index contributed by atoms with van der Waals surface area (Å²) < 4.78 is 4.17. The summed E-state index contributed by atoms with van der Waals surface area (Å²) in [7, 11) is 2.01. The first-order valence-corrected chi connectivity index (χ1v) is 7.04. The van der Waals surface area contributed by atoms with Gasteiger partial charge in [0.05, 0.1) is 17.9 Å². The number of rotatable bonds is 6. The monoisotopic (exact) mass is 260 g/mol. The molecule has 0 aliphatic carbocycles. The Kier molecular flexibility index (Phi) is 4.43. The fourth-order valence-electron chi connectivity index (χ4n) is 2.24. The van der Waals surface area contributed by atoms with Crippen LogP contribution < -0.4 is 5.73 Å². The second-order valence-corrected chi connectivity index (χ2v) is 5.17. The van der Waals surface area contributed by atoms with E-state index in [0.29, 0.717) is 0 Å². The average Bonchev–Trinajstić information content (AvgIpc) is 2.97. The van der Waals surface area contributed by atoms with E-state index in [0.717, 1.165) is 31.5 Å². The summed E-state index contributed by atoms with van der Waals surface area (Å²) >= 11 is 0. The number of hydrogen-bond donors (Lipinski definition) is 1. The Bertz CT molecular complexity index is 524. The molecule has 1 unspecified atom stereocenters. The molecule has 2 N–H and O–H groups in total. The van der Waals surface area contributed by atoms with Crippen LogP contribution in [0.3, 0.4) is 0 Å². The SMILES string of the molecule is CCc1cc(Cn2ccc(CC(N)CC)c2)n(C)n1. The van der Waals surface area contributed by atoms with E-state index in [1.807, 2.05) is 11.7 Å². The highest BCUT2D eigenvalue weighted by Gasteiger charge is 2.06. The van der Waals surface area contributed by atoms with E-state index >= 15 is 0 Å². The highest BCUT2D eigenvalue weighted by molar-refractivity contribution is 5.15. The smallest absolute Gasteiger partial charge is 0.0639 e. The van der Waals surface area contributed by atoms with Gasteiger partial charge >= 0.3 is 0 Å². The molecule has 0 bridgehead atoms. The van der Waals surface area contributed by atoms with E-state index in [1.54, 1.807) is 0 Å². The fraction of sp³-hybridized carbons (Fsp3) is 0.533. The molecule has 4 heteroatoms. The molecular formula is C15H24N4. The maximum absolute atomic E-state index is 5.99. The van der Waals surface area contributed by atoms with Crippen LogP contribution in [0.1, 0.15) is 37.2 Å². The summed E-state index contributed by atoms with van der Waals surface area (Å²) in [5.41, 5.74) is 9.69. The third-order valence-corrected chi connectivity index (χ3v) is 3.57. The minimum Gasteiger partial charge on any atom is -0.348 e. The second-order valence-electron chi connectivity index (χ2n) is 5.17. The molecule has 2 heterocycles. The zero-order valence-electron chi connectivity index (χ0n) is 12.1. The van der Waals surface area contributed by atoms with E-state index in [2.05, 4.69) is 48.0 Å². The van der Waals surface area contributed by atoms with Gasteiger partial charge in [-0.05, 0) is 37.0 Å². The summed E-state index contributed by atoms with van der Waals surface area (Å²) in [6.07, 6.45) is 7.27. The third-order valence-electron chi connectivity index (χ3n) is 3.57. The lowest BCUT2D eigenvalue weighted by atomic mass is 10.1. The zero-order valence-corrected chi connectivity index (χ0v) is 12.1. The minimum atomic E-state index is 0.263. The van der Waals surface area contributed by atoms with Crippen LogP contribution in [-0.2, 0) is 26.4 Å². The van der Waals surface area contributed by atoms with Crippen LogP contribution in [-0.4, -0.2) is 20.4 Å². The van der Waals surface area contributed by atoms with Crippen molar-refractivity contribution in [1.29, 1.82) is 0 Å². The van der Waals surface area contributed by atoms with E-state index in [1.165, 1.54) is 11.3 Å². The third kappa shape index (κ3) is 3.47. The number of nitrogens with two attached hydrogens (primary N) is 1. The van der Waals surface area contributed by atoms with Gasteiger partial charge in [0, 0.05) is 25.5 Å². The molecular weight excluding hydrogens is 236 g/mol. The highest BCUT2D eigenvalue weighted by Crippen LogP contribution is 2.10. The molecule has 0 aliphatic rings. The normalized spacial score (nSPS) is 12.8. The lowest BCUT2D eigenvalue weighted by Crippen LogP contribution is -2.21. The average molecular weight is 260 g/mol. The molecule has 0 radical (unpaired) electrons. The standard InChI is InChI=1S/C15H24N4/c1-4-13(16)8-12-6-7-19(10-12)11-15-9-14(5-2)17-18(15)3/h6-7,9-10,13H,4-5,8,11,16H2,1-3H3. The van der Waals surface area contributed by atoms with E-state index in [9.17, 15) is 0 Å². The first-order chi connectivity index (χ1) is 9.12. The first-order valence-electron chi connectivity index (χ1n) is 7.04. The quantitative estimate of drug-likeness (QED) is 0.865. The van der Waals surface area contributed by atoms with Gasteiger partial charge in [-0.15, -0.1) is 0 Å². The van der Waals surface area contributed by atoms with Crippen molar-refractivity contribution >= 4 is 0 Å². The first kappa shape index (κ1) is 13.9. The van der Waals surface area contributed by atoms with Gasteiger partial charge in [-0.2, -0.15) is 5.10 Å². The molecule has 0 aliphatic heterocycles. The molecule has 2 aromatic rings. The van der Waals surface area contributed by atoms with Crippen molar-refractivity contribution in [2.45, 2.75) is 45.7 Å². The second kappa shape index (κ2) is 6.06. The van der Waals surface area contributed by atoms with Crippen LogP contribution in [0.2, 0.25) is 0 Å². The zero-order chi connectivity index (χ0) is 13.8. The topological polar surface area (TPSA) is 48.8 Å². The van der Waals surface area contributed by atoms with Crippen molar-refractivity contribution in [3.8, 4) is 0 Å². The molecule has 0 saturated heterocycles. The molecule has 104 valence electrons. The molecule has 19 heavy (non-hydrogen) atoms. The van der Waals surface area contributed by atoms with Crippen molar-refractivity contribution in [1.82, 2.24) is 14.3 Å². The minimum absolute atomic E-state index is 0.263. The van der Waals surface area contributed by atoms with Crippen LogP contribution in [0, 0.1) is 0 Å². The Hall–Kier alpha value is -1.55. The molecule has 1 atom stereocenters. The summed E-state index contributed by atoms with van der Waals surface area (Å²) in [5.74, 6) is 0. The van der Waals surface area contributed by atoms with Gasteiger partial charge in [-0.1, -0.05) is 13.8 Å². The molecule has 0 saturated carbocycles. The van der Waals surface area contributed by atoms with Crippen molar-refractivity contribution in [3.63, 3.8) is 0 Å². The number of aromatic nitrogens is 3. The molecule has 0 aromatic carbocycles. The van der Waals surface area contributed by atoms with Crippen LogP contribution in [0.25, 0.3) is 0 Å². The van der Waals surface area contributed by atoms with Crippen molar-refractivity contribution in [2.75, 3.05) is 0 Å². The molecule has 0 spiro atoms. The van der Waals surface area contributed by atoms with E-state index < -0.39 is 0 Å². The van der Waals surface area contributed by atoms with E-state index in [-0.39, 0.29) is 6.04 Å². The van der Waals surface area contributed by atoms with Crippen molar-refractivity contribution in [3.05, 3.63) is 41.5 Å². The summed E-state index contributed by atoms with van der Waals surface area (Å²) in [6, 6.07) is 4.60. The van der Waals surface area contributed by atoms with Crippen LogP contribution in [0.4, 0.5) is 0 Å². The predicted molar refractivity (Wildman–Crippen MR) is 78.1 cm³/mol. The summed E-state index contributed by atoms with van der Waals surface area (Å²) in [6.45, 7) is 5.13. The van der Waals surface area contributed by atoms with Crippen LogP contribution in [0.5, 0.6) is 0 Å². The van der Waals surface area contributed by atoms with Crippen LogP contribution in [0.15, 0.2) is 24.5 Å². The van der Waals surface area contributed by atoms with Gasteiger partial charge in [0.15, 0.2) is 0 Å². The van der Waals surface area contributed by atoms with Gasteiger partial charge in [0.1, 0.15) is 0 Å². The number of nitrogens with zero attached hydrogens (tertiary/aromatic N) is 3. The maximum atomic E-state index is 5.99. The maximum Gasteiger partial charge on any atom is 0.0639 e. The summed E-state index contributed by atoms with van der Waals surface area (Å²) in [5, 5.41) is 4.48. The number of aryl methyl sites for hydroxylation is 2. The van der Waals surface area contributed by atoms with Gasteiger partial charge < -0.3 is 10.3 Å². The van der Waals surface area contributed by atoms with Gasteiger partial charge in [0.25, 0.3) is 0 Å². The van der Waals surface area contributed by atoms with Gasteiger partial charge in [-0.25, -0.2) is 0 Å². The van der Waals surface area contributed by atoms with Gasteiger partial charge in [0.2, 0.25) is 0 Å². The Labute approximate surface area is 115 Å². The largest absolute Gasteiger partial charge is 0.348 e.